The van der Waals surface area contributed by atoms with Gasteiger partial charge in [0.1, 0.15) is 5.58 Å². The quantitative estimate of drug-likeness (QED) is 0.135. The number of fused-ring (bicyclic) bond motifs is 6. The van der Waals surface area contributed by atoms with E-state index in [0.29, 0.717) is 28.6 Å². The normalized spacial score (nSPS) is 11.5. The molecule has 6 heteroatoms. The molecule has 0 saturated carbocycles. The summed E-state index contributed by atoms with van der Waals surface area (Å²) >= 11 is 0. The maximum atomic E-state index is 13.0. The van der Waals surface area contributed by atoms with Crippen LogP contribution < -0.4 is 5.63 Å². The summed E-state index contributed by atoms with van der Waals surface area (Å²) in [7, 11) is 0. The lowest BCUT2D eigenvalue weighted by Gasteiger charge is -2.11. The first-order chi connectivity index (χ1) is 25.7. The van der Waals surface area contributed by atoms with E-state index in [1.165, 1.54) is 0 Å². The van der Waals surface area contributed by atoms with Crippen LogP contribution in [0.15, 0.2) is 179 Å². The van der Waals surface area contributed by atoms with Gasteiger partial charge in [0.25, 0.3) is 0 Å². The fourth-order valence-corrected chi connectivity index (χ4v) is 7.20. The van der Waals surface area contributed by atoms with Crippen molar-refractivity contribution in [1.82, 2.24) is 19.5 Å². The number of hydrogen-bond donors (Lipinski definition) is 0. The second-order valence-corrected chi connectivity index (χ2v) is 12.8. The first-order valence-electron chi connectivity index (χ1n) is 17.1. The Morgan fingerprint density at radius 3 is 1.63 bits per heavy atom. The number of hydrogen-bond acceptors (Lipinski definition) is 5. The molecule has 0 saturated heterocycles. The Morgan fingerprint density at radius 2 is 0.923 bits per heavy atom. The van der Waals surface area contributed by atoms with Gasteiger partial charge in [0.15, 0.2) is 11.6 Å². The standard InChI is InChI=1S/C46H28N4O2/c51-45-39-28-33(22-24-35(39)37-19-8-10-21-42(37)52-45)31-16-11-17-32(26-31)34-23-25-41-38(27-34)36-18-7-9-20-40(36)50(41)46-48-43(29-12-3-1-4-13-29)47-44(49-46)30-14-5-2-6-15-30/h1-28H. The van der Waals surface area contributed by atoms with E-state index in [4.69, 9.17) is 19.4 Å². The molecule has 0 aliphatic rings. The maximum absolute atomic E-state index is 13.0. The SMILES string of the molecule is O=c1oc2ccccc2c2ccc(-c3cccc(-c4ccc5c(c4)c4ccccc4n5-c4nc(-c5ccccc5)nc(-c5ccccc5)n4)c3)cc12. The van der Waals surface area contributed by atoms with Gasteiger partial charge in [0.05, 0.1) is 16.4 Å². The second-order valence-electron chi connectivity index (χ2n) is 12.8. The molecule has 7 aromatic carbocycles. The average molecular weight is 669 g/mol. The van der Waals surface area contributed by atoms with E-state index in [-0.39, 0.29) is 5.63 Å². The van der Waals surface area contributed by atoms with Gasteiger partial charge in [-0.05, 0) is 64.0 Å². The molecule has 0 radical (unpaired) electrons. The summed E-state index contributed by atoms with van der Waals surface area (Å²) in [6, 6.07) is 57.1. The van der Waals surface area contributed by atoms with Gasteiger partial charge < -0.3 is 4.42 Å². The molecule has 10 rings (SSSR count). The monoisotopic (exact) mass is 668 g/mol. The summed E-state index contributed by atoms with van der Waals surface area (Å²) in [6.45, 7) is 0. The minimum atomic E-state index is -0.335. The van der Waals surface area contributed by atoms with E-state index in [1.807, 2.05) is 103 Å². The lowest BCUT2D eigenvalue weighted by atomic mass is 9.96. The molecule has 244 valence electrons. The van der Waals surface area contributed by atoms with Crippen molar-refractivity contribution in [2.45, 2.75) is 0 Å². The summed E-state index contributed by atoms with van der Waals surface area (Å²) in [5.41, 5.74) is 8.23. The van der Waals surface area contributed by atoms with Crippen LogP contribution in [0.25, 0.3) is 94.5 Å². The van der Waals surface area contributed by atoms with Crippen LogP contribution in [0.1, 0.15) is 0 Å². The minimum Gasteiger partial charge on any atom is -0.422 e. The summed E-state index contributed by atoms with van der Waals surface area (Å²) in [4.78, 5) is 28.0. The van der Waals surface area contributed by atoms with Crippen LogP contribution in [0.3, 0.4) is 0 Å². The molecule has 0 atom stereocenters. The number of para-hydroxylation sites is 2. The Morgan fingerprint density at radius 1 is 0.385 bits per heavy atom. The summed E-state index contributed by atoms with van der Waals surface area (Å²) < 4.78 is 7.79. The van der Waals surface area contributed by atoms with Gasteiger partial charge in [0, 0.05) is 27.3 Å². The second kappa shape index (κ2) is 12.0. The van der Waals surface area contributed by atoms with E-state index in [1.54, 1.807) is 0 Å². The molecule has 6 nitrogen and oxygen atoms in total. The van der Waals surface area contributed by atoms with Gasteiger partial charge in [0.2, 0.25) is 5.95 Å². The zero-order chi connectivity index (χ0) is 34.6. The van der Waals surface area contributed by atoms with E-state index >= 15 is 0 Å². The fraction of sp³-hybridized carbons (Fsp3) is 0. The third kappa shape index (κ3) is 4.96. The molecule has 0 unspecified atom stereocenters. The number of nitrogens with zero attached hydrogens (tertiary/aromatic N) is 4. The van der Waals surface area contributed by atoms with Crippen molar-refractivity contribution < 1.29 is 4.42 Å². The van der Waals surface area contributed by atoms with Crippen LogP contribution >= 0.6 is 0 Å². The van der Waals surface area contributed by atoms with Crippen LogP contribution in [-0.4, -0.2) is 19.5 Å². The molecule has 10 aromatic rings. The highest BCUT2D eigenvalue weighted by Gasteiger charge is 2.18. The van der Waals surface area contributed by atoms with E-state index < -0.39 is 0 Å². The van der Waals surface area contributed by atoms with Gasteiger partial charge in [-0.25, -0.2) is 9.78 Å². The molecule has 0 N–H and O–H groups in total. The predicted molar refractivity (Wildman–Crippen MR) is 209 cm³/mol. The summed E-state index contributed by atoms with van der Waals surface area (Å²) in [5.74, 6) is 1.79. The van der Waals surface area contributed by atoms with Gasteiger partial charge in [-0.15, -0.1) is 0 Å². The lowest BCUT2D eigenvalue weighted by Crippen LogP contribution is -2.06. The molecular weight excluding hydrogens is 641 g/mol. The number of rotatable bonds is 5. The molecule has 0 bridgehead atoms. The minimum absolute atomic E-state index is 0.335. The van der Waals surface area contributed by atoms with Crippen LogP contribution in [-0.2, 0) is 0 Å². The van der Waals surface area contributed by atoms with Gasteiger partial charge in [-0.2, -0.15) is 9.97 Å². The van der Waals surface area contributed by atoms with Crippen molar-refractivity contribution in [3.05, 3.63) is 180 Å². The Bertz CT molecular complexity index is 2980. The third-order valence-corrected chi connectivity index (χ3v) is 9.71. The highest BCUT2D eigenvalue weighted by molar-refractivity contribution is 6.10. The Balaban J connectivity index is 1.11. The van der Waals surface area contributed by atoms with Crippen LogP contribution in [0.5, 0.6) is 0 Å². The van der Waals surface area contributed by atoms with Gasteiger partial charge in [-0.3, -0.25) is 4.57 Å². The highest BCUT2D eigenvalue weighted by Crippen LogP contribution is 2.36. The topological polar surface area (TPSA) is 73.8 Å². The first-order valence-corrected chi connectivity index (χ1v) is 17.1. The Kier molecular flexibility index (Phi) is 6.86. The molecule has 0 fully saturated rings. The Hall–Kier alpha value is -7.18. The first kappa shape index (κ1) is 29.7. The van der Waals surface area contributed by atoms with Crippen LogP contribution in [0, 0.1) is 0 Å². The van der Waals surface area contributed by atoms with Gasteiger partial charge >= 0.3 is 5.63 Å². The van der Waals surface area contributed by atoms with E-state index in [2.05, 4.69) is 71.3 Å². The average Bonchev–Trinajstić information content (AvgIpc) is 3.55. The molecule has 0 spiro atoms. The molecule has 52 heavy (non-hydrogen) atoms. The largest absolute Gasteiger partial charge is 0.422 e. The van der Waals surface area contributed by atoms with Crippen molar-refractivity contribution in [1.29, 1.82) is 0 Å². The van der Waals surface area contributed by atoms with Crippen LogP contribution in [0.2, 0.25) is 0 Å². The number of aromatic nitrogens is 4. The summed E-state index contributed by atoms with van der Waals surface area (Å²) in [5, 5.41) is 4.58. The van der Waals surface area contributed by atoms with Crippen LogP contribution in [0.4, 0.5) is 0 Å². The lowest BCUT2D eigenvalue weighted by molar-refractivity contribution is 0.569. The van der Waals surface area contributed by atoms with Crippen molar-refractivity contribution in [2.24, 2.45) is 0 Å². The van der Waals surface area contributed by atoms with Crippen molar-refractivity contribution in [3.63, 3.8) is 0 Å². The third-order valence-electron chi connectivity index (χ3n) is 9.71. The molecule has 3 aromatic heterocycles. The zero-order valence-electron chi connectivity index (χ0n) is 27.8. The number of benzene rings is 7. The molecule has 3 heterocycles. The van der Waals surface area contributed by atoms with Crippen molar-refractivity contribution >= 4 is 43.5 Å². The van der Waals surface area contributed by atoms with E-state index in [0.717, 1.165) is 66.0 Å². The summed E-state index contributed by atoms with van der Waals surface area (Å²) in [6.07, 6.45) is 0. The van der Waals surface area contributed by atoms with Gasteiger partial charge in [-0.1, -0.05) is 133 Å². The molecule has 0 aliphatic heterocycles. The van der Waals surface area contributed by atoms with E-state index in [9.17, 15) is 4.79 Å². The molecule has 0 amide bonds. The molecule has 0 aliphatic carbocycles. The predicted octanol–water partition coefficient (Wildman–Crippen LogP) is 10.9. The fourth-order valence-electron chi connectivity index (χ4n) is 7.20. The Labute approximate surface area is 297 Å². The zero-order valence-corrected chi connectivity index (χ0v) is 27.8. The smallest absolute Gasteiger partial charge is 0.344 e. The highest BCUT2D eigenvalue weighted by atomic mass is 16.4. The van der Waals surface area contributed by atoms with Crippen molar-refractivity contribution in [3.8, 4) is 51.0 Å². The van der Waals surface area contributed by atoms with Crippen molar-refractivity contribution in [2.75, 3.05) is 0 Å². The molecular formula is C46H28N4O2. The maximum Gasteiger partial charge on any atom is 0.344 e.